The van der Waals surface area contributed by atoms with Gasteiger partial charge in [-0.3, -0.25) is 0 Å². The van der Waals surface area contributed by atoms with Crippen molar-refractivity contribution in [2.24, 2.45) is 15.2 Å². The molecule has 1 atom stereocenters. The van der Waals surface area contributed by atoms with Crippen LogP contribution in [0.15, 0.2) is 27.4 Å². The normalized spacial score (nSPS) is 19.3. The lowest BCUT2D eigenvalue weighted by atomic mass is 10.2. The highest BCUT2D eigenvalue weighted by molar-refractivity contribution is 6.03. The summed E-state index contributed by atoms with van der Waals surface area (Å²) in [5.41, 5.74) is 7.45. The number of nitrogens with two attached hydrogens (primary N) is 1. The molecule has 15 heavy (non-hydrogen) atoms. The number of nitrogens with zero attached hydrogens (tertiary/aromatic N) is 4. The summed E-state index contributed by atoms with van der Waals surface area (Å²) in [7, 11) is 0. The van der Waals surface area contributed by atoms with Crippen molar-refractivity contribution in [3.8, 4) is 0 Å². The first-order valence-electron chi connectivity index (χ1n) is 4.93. The van der Waals surface area contributed by atoms with Crippen LogP contribution in [0.1, 0.15) is 24.6 Å². The Hall–Kier alpha value is -1.78. The molecule has 5 heteroatoms. The second-order valence-electron chi connectivity index (χ2n) is 3.44. The molecule has 0 spiro atoms. The number of hydrogen-bond acceptors (Lipinski definition) is 5. The molecule has 0 fully saturated rings. The number of aliphatic imine (C=N–C) groups is 1. The molecule has 0 aromatic carbocycles. The largest absolute Gasteiger partial charge is 0.383 e. The molecule has 78 valence electrons. The van der Waals surface area contributed by atoms with Crippen LogP contribution in [0.2, 0.25) is 0 Å². The van der Waals surface area contributed by atoms with Crippen molar-refractivity contribution >= 4 is 11.7 Å². The molecule has 0 saturated carbocycles. The van der Waals surface area contributed by atoms with Crippen LogP contribution in [-0.4, -0.2) is 17.0 Å². The van der Waals surface area contributed by atoms with Gasteiger partial charge in [0.2, 0.25) is 0 Å². The Morgan fingerprint density at radius 1 is 1.40 bits per heavy atom. The maximum atomic E-state index is 5.79. The Morgan fingerprint density at radius 2 is 2.20 bits per heavy atom. The van der Waals surface area contributed by atoms with Gasteiger partial charge in [0.05, 0.1) is 5.56 Å². The predicted octanol–water partition coefficient (Wildman–Crippen LogP) is 1.92. The van der Waals surface area contributed by atoms with Crippen LogP contribution >= 0.6 is 0 Å². The van der Waals surface area contributed by atoms with Crippen LogP contribution in [0.4, 0.5) is 5.82 Å². The number of pyridine rings is 1. The van der Waals surface area contributed by atoms with Crippen LogP contribution < -0.4 is 5.73 Å². The van der Waals surface area contributed by atoms with E-state index < -0.39 is 0 Å². The molecule has 5 nitrogen and oxygen atoms in total. The van der Waals surface area contributed by atoms with E-state index in [1.54, 1.807) is 0 Å². The second-order valence-corrected chi connectivity index (χ2v) is 3.44. The van der Waals surface area contributed by atoms with Crippen LogP contribution in [0.5, 0.6) is 0 Å². The van der Waals surface area contributed by atoms with Gasteiger partial charge < -0.3 is 5.73 Å². The summed E-state index contributed by atoms with van der Waals surface area (Å²) >= 11 is 0. The van der Waals surface area contributed by atoms with Crippen LogP contribution in [0, 0.1) is 6.92 Å². The summed E-state index contributed by atoms with van der Waals surface area (Å²) in [6.45, 7) is 3.92. The molecule has 1 aliphatic rings. The molecule has 0 aliphatic carbocycles. The number of rotatable bonds is 2. The van der Waals surface area contributed by atoms with Crippen molar-refractivity contribution in [2.45, 2.75) is 26.4 Å². The molecule has 1 unspecified atom stereocenters. The number of aromatic nitrogens is 1. The van der Waals surface area contributed by atoms with Crippen molar-refractivity contribution in [1.29, 1.82) is 0 Å². The van der Waals surface area contributed by atoms with Gasteiger partial charge in [0.25, 0.3) is 0 Å². The highest BCUT2D eigenvalue weighted by Crippen LogP contribution is 2.18. The van der Waals surface area contributed by atoms with E-state index >= 15 is 0 Å². The first kappa shape index (κ1) is 9.76. The maximum Gasteiger partial charge on any atom is 0.182 e. The monoisotopic (exact) mass is 203 g/mol. The van der Waals surface area contributed by atoms with E-state index in [9.17, 15) is 0 Å². The molecule has 0 radical (unpaired) electrons. The summed E-state index contributed by atoms with van der Waals surface area (Å²) in [5.74, 6) is 1.05. The molecule has 2 heterocycles. The highest BCUT2D eigenvalue weighted by atomic mass is 15.3. The minimum absolute atomic E-state index is 0.0549. The lowest BCUT2D eigenvalue weighted by molar-refractivity contribution is 0.683. The topological polar surface area (TPSA) is 76.0 Å². The fourth-order valence-corrected chi connectivity index (χ4v) is 1.38. The number of nitrogen functional groups attached to an aromatic ring is 1. The van der Waals surface area contributed by atoms with Gasteiger partial charge in [0.1, 0.15) is 5.82 Å². The minimum Gasteiger partial charge on any atom is -0.383 e. The van der Waals surface area contributed by atoms with E-state index in [-0.39, 0.29) is 6.17 Å². The summed E-state index contributed by atoms with van der Waals surface area (Å²) in [6, 6.07) is 3.77. The van der Waals surface area contributed by atoms with Gasteiger partial charge in [-0.15, -0.1) is 5.11 Å². The minimum atomic E-state index is -0.0549. The van der Waals surface area contributed by atoms with Crippen molar-refractivity contribution in [3.05, 3.63) is 23.4 Å². The molecular weight excluding hydrogens is 190 g/mol. The van der Waals surface area contributed by atoms with E-state index in [1.165, 1.54) is 0 Å². The van der Waals surface area contributed by atoms with Crippen molar-refractivity contribution in [1.82, 2.24) is 4.98 Å². The van der Waals surface area contributed by atoms with Gasteiger partial charge in [-0.25, -0.2) is 9.98 Å². The summed E-state index contributed by atoms with van der Waals surface area (Å²) in [5, 5.41) is 8.02. The molecule has 1 aromatic rings. The van der Waals surface area contributed by atoms with Crippen molar-refractivity contribution in [2.75, 3.05) is 5.73 Å². The lowest BCUT2D eigenvalue weighted by Crippen LogP contribution is -2.04. The molecule has 1 aliphatic heterocycles. The van der Waals surface area contributed by atoms with Gasteiger partial charge in [-0.1, -0.05) is 6.92 Å². The smallest absolute Gasteiger partial charge is 0.182 e. The summed E-state index contributed by atoms with van der Waals surface area (Å²) < 4.78 is 0. The van der Waals surface area contributed by atoms with Crippen LogP contribution in [0.25, 0.3) is 0 Å². The Balaban J connectivity index is 2.36. The Bertz CT molecular complexity index is 435. The van der Waals surface area contributed by atoms with E-state index in [0.717, 1.165) is 17.7 Å². The van der Waals surface area contributed by atoms with Crippen LogP contribution in [-0.2, 0) is 0 Å². The summed E-state index contributed by atoms with van der Waals surface area (Å²) in [6.07, 6.45) is 0.798. The Kier molecular flexibility index (Phi) is 2.45. The standard InChI is InChI=1S/C10H13N5/c1-3-8-13-10(15-14-8)7-5-4-6(2)12-9(7)11/h4-5,8H,3H2,1-2H3,(H2,11,12). The average Bonchev–Trinajstić information content (AvgIpc) is 2.66. The average molecular weight is 203 g/mol. The molecular formula is C10H13N5. The third kappa shape index (κ3) is 1.86. The number of aryl methyl sites for hydroxylation is 1. The number of amidine groups is 1. The van der Waals surface area contributed by atoms with Gasteiger partial charge in [0.15, 0.2) is 12.0 Å². The van der Waals surface area contributed by atoms with E-state index in [0.29, 0.717) is 11.7 Å². The molecule has 0 bridgehead atoms. The first-order valence-corrected chi connectivity index (χ1v) is 4.93. The first-order chi connectivity index (χ1) is 7.20. The predicted molar refractivity (Wildman–Crippen MR) is 58.9 cm³/mol. The molecule has 2 rings (SSSR count). The zero-order chi connectivity index (χ0) is 10.8. The SMILES string of the molecule is CCC1N=NC(c2ccc(C)nc2N)=N1. The van der Waals surface area contributed by atoms with Gasteiger partial charge in [-0.05, 0) is 25.5 Å². The van der Waals surface area contributed by atoms with E-state index in [4.69, 9.17) is 5.73 Å². The van der Waals surface area contributed by atoms with Gasteiger partial charge >= 0.3 is 0 Å². The molecule has 1 aromatic heterocycles. The Morgan fingerprint density at radius 3 is 2.80 bits per heavy atom. The third-order valence-corrected chi connectivity index (χ3v) is 2.23. The summed E-state index contributed by atoms with van der Waals surface area (Å²) in [4.78, 5) is 8.49. The van der Waals surface area contributed by atoms with E-state index in [1.807, 2.05) is 26.0 Å². The fourth-order valence-electron chi connectivity index (χ4n) is 1.38. The molecule has 0 saturated heterocycles. The van der Waals surface area contributed by atoms with Gasteiger partial charge in [0, 0.05) is 5.69 Å². The zero-order valence-electron chi connectivity index (χ0n) is 8.81. The number of azo groups is 1. The van der Waals surface area contributed by atoms with Crippen molar-refractivity contribution in [3.63, 3.8) is 0 Å². The second kappa shape index (κ2) is 3.76. The molecule has 2 N–H and O–H groups in total. The molecule has 0 amide bonds. The quantitative estimate of drug-likeness (QED) is 0.797. The lowest BCUT2D eigenvalue weighted by Gasteiger charge is -2.02. The van der Waals surface area contributed by atoms with Gasteiger partial charge in [-0.2, -0.15) is 5.11 Å². The Labute approximate surface area is 88.2 Å². The van der Waals surface area contributed by atoms with Crippen LogP contribution in [0.3, 0.4) is 0 Å². The zero-order valence-corrected chi connectivity index (χ0v) is 8.81. The maximum absolute atomic E-state index is 5.79. The van der Waals surface area contributed by atoms with Crippen molar-refractivity contribution < 1.29 is 0 Å². The third-order valence-electron chi connectivity index (χ3n) is 2.23. The highest BCUT2D eigenvalue weighted by Gasteiger charge is 2.16. The number of hydrogen-bond donors (Lipinski definition) is 1. The van der Waals surface area contributed by atoms with E-state index in [2.05, 4.69) is 20.2 Å². The number of anilines is 1. The fraction of sp³-hybridized carbons (Fsp3) is 0.400.